The molecule has 2 aromatic carbocycles. The third-order valence-electron chi connectivity index (χ3n) is 3.56. The highest BCUT2D eigenvalue weighted by molar-refractivity contribution is 7.80. The van der Waals surface area contributed by atoms with E-state index < -0.39 is 5.41 Å². The van der Waals surface area contributed by atoms with Gasteiger partial charge in [-0.15, -0.1) is 0 Å². The molecule has 3 N–H and O–H groups in total. The number of thiocarbonyl (C=S) groups is 1. The molecule has 142 valence electrons. The lowest BCUT2D eigenvalue weighted by atomic mass is 9.96. The van der Waals surface area contributed by atoms with Gasteiger partial charge < -0.3 is 10.1 Å². The van der Waals surface area contributed by atoms with E-state index in [9.17, 15) is 9.59 Å². The number of hydrogen-bond acceptors (Lipinski definition) is 4. The molecule has 27 heavy (non-hydrogen) atoms. The predicted molar refractivity (Wildman–Crippen MR) is 108 cm³/mol. The van der Waals surface area contributed by atoms with Gasteiger partial charge in [-0.2, -0.15) is 0 Å². The van der Waals surface area contributed by atoms with Crippen LogP contribution in [0.3, 0.4) is 0 Å². The van der Waals surface area contributed by atoms with Gasteiger partial charge in [-0.05, 0) is 42.0 Å². The van der Waals surface area contributed by atoms with Crippen molar-refractivity contribution in [3.63, 3.8) is 0 Å². The first-order valence-electron chi connectivity index (χ1n) is 8.44. The van der Waals surface area contributed by atoms with E-state index in [2.05, 4.69) is 16.2 Å². The second-order valence-corrected chi connectivity index (χ2v) is 7.32. The average Bonchev–Trinajstić information content (AvgIpc) is 2.65. The van der Waals surface area contributed by atoms with Gasteiger partial charge in [0, 0.05) is 11.0 Å². The molecule has 7 heteroatoms. The van der Waals surface area contributed by atoms with Crippen molar-refractivity contribution in [2.75, 3.05) is 0 Å². The van der Waals surface area contributed by atoms with E-state index in [1.807, 2.05) is 30.3 Å². The third kappa shape index (κ3) is 6.71. The van der Waals surface area contributed by atoms with Crippen molar-refractivity contribution >= 4 is 29.1 Å². The van der Waals surface area contributed by atoms with Gasteiger partial charge in [-0.3, -0.25) is 20.4 Å². The van der Waals surface area contributed by atoms with Crippen LogP contribution in [0.1, 0.15) is 36.7 Å². The van der Waals surface area contributed by atoms with Gasteiger partial charge in [0.1, 0.15) is 12.4 Å². The van der Waals surface area contributed by atoms with Crippen LogP contribution in [0.4, 0.5) is 0 Å². The summed E-state index contributed by atoms with van der Waals surface area (Å²) >= 11 is 4.99. The summed E-state index contributed by atoms with van der Waals surface area (Å²) in [6.07, 6.45) is 0. The Hall–Kier alpha value is -2.93. The summed E-state index contributed by atoms with van der Waals surface area (Å²) in [4.78, 5) is 24.0. The fraction of sp³-hybridized carbons (Fsp3) is 0.250. The first-order chi connectivity index (χ1) is 12.8. The predicted octanol–water partition coefficient (Wildman–Crippen LogP) is 2.95. The summed E-state index contributed by atoms with van der Waals surface area (Å²) in [5, 5.41) is 2.55. The number of carbonyl (C=O) groups excluding carboxylic acids is 2. The zero-order valence-corrected chi connectivity index (χ0v) is 16.4. The van der Waals surface area contributed by atoms with Crippen molar-refractivity contribution in [3.05, 3.63) is 65.7 Å². The van der Waals surface area contributed by atoms with Crippen LogP contribution in [0.25, 0.3) is 0 Å². The van der Waals surface area contributed by atoms with Crippen LogP contribution in [0.2, 0.25) is 0 Å². The third-order valence-corrected chi connectivity index (χ3v) is 3.77. The highest BCUT2D eigenvalue weighted by Crippen LogP contribution is 2.14. The number of hydrazine groups is 1. The van der Waals surface area contributed by atoms with Crippen molar-refractivity contribution in [3.8, 4) is 5.75 Å². The first-order valence-corrected chi connectivity index (χ1v) is 8.85. The zero-order valence-electron chi connectivity index (χ0n) is 15.5. The van der Waals surface area contributed by atoms with E-state index in [0.717, 1.165) is 5.56 Å². The van der Waals surface area contributed by atoms with E-state index >= 15 is 0 Å². The topological polar surface area (TPSA) is 79.5 Å². The van der Waals surface area contributed by atoms with E-state index in [-0.39, 0.29) is 16.9 Å². The normalized spacial score (nSPS) is 10.6. The molecule has 0 radical (unpaired) electrons. The van der Waals surface area contributed by atoms with Crippen molar-refractivity contribution in [1.82, 2.24) is 16.2 Å². The Morgan fingerprint density at radius 1 is 0.963 bits per heavy atom. The number of benzene rings is 2. The minimum absolute atomic E-state index is 0.0334. The van der Waals surface area contributed by atoms with Crippen LogP contribution in [0, 0.1) is 5.41 Å². The van der Waals surface area contributed by atoms with Gasteiger partial charge in [0.15, 0.2) is 5.11 Å². The number of rotatable bonds is 4. The summed E-state index contributed by atoms with van der Waals surface area (Å²) in [5.41, 5.74) is 5.88. The molecule has 0 aliphatic rings. The second-order valence-electron chi connectivity index (χ2n) is 6.91. The highest BCUT2D eigenvalue weighted by Gasteiger charge is 2.22. The molecule has 0 fully saturated rings. The van der Waals surface area contributed by atoms with Crippen molar-refractivity contribution in [2.24, 2.45) is 5.41 Å². The van der Waals surface area contributed by atoms with Gasteiger partial charge in [0.2, 0.25) is 5.91 Å². The van der Waals surface area contributed by atoms with Crippen LogP contribution in [-0.2, 0) is 11.4 Å². The molecule has 0 bridgehead atoms. The Labute approximate surface area is 164 Å². The summed E-state index contributed by atoms with van der Waals surface area (Å²) in [5.74, 6) is 0.0439. The number of nitrogens with one attached hydrogen (secondary N) is 3. The Morgan fingerprint density at radius 3 is 2.19 bits per heavy atom. The minimum Gasteiger partial charge on any atom is -0.489 e. The average molecular weight is 385 g/mol. The maximum absolute atomic E-state index is 12.1. The lowest BCUT2D eigenvalue weighted by molar-refractivity contribution is -0.126. The SMILES string of the molecule is CC(C)(C)C(=O)NC(=S)NNC(=O)c1ccc(OCc2ccccc2)cc1. The molecule has 0 heterocycles. The largest absolute Gasteiger partial charge is 0.489 e. The molecule has 0 aromatic heterocycles. The van der Waals surface area contributed by atoms with E-state index in [4.69, 9.17) is 17.0 Å². The monoisotopic (exact) mass is 385 g/mol. The standard InChI is InChI=1S/C20H23N3O3S/c1-20(2,3)18(25)21-19(27)23-22-17(24)15-9-11-16(12-10-15)26-13-14-7-5-4-6-8-14/h4-12H,13H2,1-3H3,(H,22,24)(H2,21,23,25,27). The van der Waals surface area contributed by atoms with E-state index in [1.165, 1.54) is 0 Å². The van der Waals surface area contributed by atoms with Gasteiger partial charge in [-0.1, -0.05) is 51.1 Å². The Bertz CT molecular complexity index is 799. The van der Waals surface area contributed by atoms with Gasteiger partial charge in [-0.25, -0.2) is 0 Å². The lowest BCUT2D eigenvalue weighted by Gasteiger charge is -2.18. The minimum atomic E-state index is -0.578. The quantitative estimate of drug-likeness (QED) is 0.557. The molecule has 0 saturated carbocycles. The first kappa shape index (κ1) is 20.4. The molecular weight excluding hydrogens is 362 g/mol. The summed E-state index contributed by atoms with van der Waals surface area (Å²) in [7, 11) is 0. The van der Waals surface area contributed by atoms with Crippen LogP contribution in [-0.4, -0.2) is 16.9 Å². The highest BCUT2D eigenvalue weighted by atomic mass is 32.1. The Balaban J connectivity index is 1.81. The summed E-state index contributed by atoms with van der Waals surface area (Å²) in [6.45, 7) is 5.76. The van der Waals surface area contributed by atoms with Crippen LogP contribution in [0.15, 0.2) is 54.6 Å². The molecule has 0 atom stereocenters. The van der Waals surface area contributed by atoms with Crippen molar-refractivity contribution in [2.45, 2.75) is 27.4 Å². The molecule has 6 nitrogen and oxygen atoms in total. The van der Waals surface area contributed by atoms with Crippen molar-refractivity contribution < 1.29 is 14.3 Å². The molecule has 0 unspecified atom stereocenters. The molecule has 2 aromatic rings. The van der Waals surface area contributed by atoms with E-state index in [1.54, 1.807) is 45.0 Å². The van der Waals surface area contributed by atoms with Gasteiger partial charge in [0.25, 0.3) is 5.91 Å². The smallest absolute Gasteiger partial charge is 0.269 e. The van der Waals surface area contributed by atoms with Gasteiger partial charge >= 0.3 is 0 Å². The van der Waals surface area contributed by atoms with Crippen LogP contribution in [0.5, 0.6) is 5.75 Å². The molecule has 0 spiro atoms. The van der Waals surface area contributed by atoms with Crippen LogP contribution < -0.4 is 20.9 Å². The lowest BCUT2D eigenvalue weighted by Crippen LogP contribution is -2.50. The molecular formula is C20H23N3O3S. The number of ether oxygens (including phenoxy) is 1. The number of amides is 2. The molecule has 0 aliphatic carbocycles. The summed E-state index contributed by atoms with van der Waals surface area (Å²) in [6, 6.07) is 16.5. The van der Waals surface area contributed by atoms with Crippen LogP contribution >= 0.6 is 12.2 Å². The molecule has 0 aliphatic heterocycles. The number of hydrogen-bond donors (Lipinski definition) is 3. The van der Waals surface area contributed by atoms with Gasteiger partial charge in [0.05, 0.1) is 0 Å². The maximum Gasteiger partial charge on any atom is 0.269 e. The zero-order chi connectivity index (χ0) is 19.9. The second kappa shape index (κ2) is 9.14. The number of carbonyl (C=O) groups is 2. The molecule has 2 amide bonds. The van der Waals surface area contributed by atoms with E-state index in [0.29, 0.717) is 17.9 Å². The Kier molecular flexibility index (Phi) is 6.90. The molecule has 0 saturated heterocycles. The fourth-order valence-corrected chi connectivity index (χ4v) is 2.09. The fourth-order valence-electron chi connectivity index (χ4n) is 1.95. The Morgan fingerprint density at radius 2 is 1.59 bits per heavy atom. The maximum atomic E-state index is 12.1. The van der Waals surface area contributed by atoms with Crippen molar-refractivity contribution in [1.29, 1.82) is 0 Å². The molecule has 2 rings (SSSR count). The summed E-state index contributed by atoms with van der Waals surface area (Å²) < 4.78 is 5.68.